The molecule has 2 fully saturated rings. The number of carbonyl (C=O) groups is 3. The Morgan fingerprint density at radius 2 is 1.67 bits per heavy atom. The van der Waals surface area contributed by atoms with E-state index < -0.39 is 17.8 Å². The molecule has 1 aliphatic heterocycles. The summed E-state index contributed by atoms with van der Waals surface area (Å²) in [7, 11) is 0. The summed E-state index contributed by atoms with van der Waals surface area (Å²) < 4.78 is 0. The van der Waals surface area contributed by atoms with Gasteiger partial charge in [-0.1, -0.05) is 49.0 Å². The molecule has 1 heterocycles. The molecule has 4 amide bonds. The van der Waals surface area contributed by atoms with Gasteiger partial charge in [0.1, 0.15) is 0 Å². The number of amides is 4. The van der Waals surface area contributed by atoms with Crippen molar-refractivity contribution in [2.45, 2.75) is 45.2 Å². The molecule has 7 heteroatoms. The van der Waals surface area contributed by atoms with E-state index in [0.29, 0.717) is 15.6 Å². The molecule has 24 heavy (non-hydrogen) atoms. The van der Waals surface area contributed by atoms with E-state index in [2.05, 4.69) is 0 Å². The summed E-state index contributed by atoms with van der Waals surface area (Å²) in [5.41, 5.74) is 0.467. The van der Waals surface area contributed by atoms with E-state index in [1.54, 1.807) is 18.2 Å². The maximum absolute atomic E-state index is 12.7. The van der Waals surface area contributed by atoms with E-state index in [9.17, 15) is 14.4 Å². The lowest BCUT2D eigenvalue weighted by atomic mass is 9.85. The van der Waals surface area contributed by atoms with Crippen LogP contribution >= 0.6 is 23.2 Å². The minimum atomic E-state index is -0.811. The first kappa shape index (κ1) is 17.2. The normalized spacial score (nSPS) is 24.9. The number of imide groups is 2. The summed E-state index contributed by atoms with van der Waals surface area (Å²) in [5, 5.41) is 0.722. The zero-order valence-electron chi connectivity index (χ0n) is 13.3. The van der Waals surface area contributed by atoms with E-state index in [1.807, 2.05) is 6.92 Å². The molecule has 5 nitrogen and oxygen atoms in total. The number of hydrogen-bond donors (Lipinski definition) is 0. The smallest absolute Gasteiger partial charge is 0.263 e. The lowest BCUT2D eigenvalue weighted by molar-refractivity contribution is -0.144. The van der Waals surface area contributed by atoms with Gasteiger partial charge in [0.25, 0.3) is 0 Å². The predicted octanol–water partition coefficient (Wildman–Crippen LogP) is 3.86. The molecule has 0 bridgehead atoms. The Kier molecular flexibility index (Phi) is 4.83. The lowest BCUT2D eigenvalue weighted by Crippen LogP contribution is -2.46. The second kappa shape index (κ2) is 6.73. The quantitative estimate of drug-likeness (QED) is 0.601. The van der Waals surface area contributed by atoms with Crippen LogP contribution in [0, 0.1) is 5.92 Å². The van der Waals surface area contributed by atoms with Crippen LogP contribution in [0.3, 0.4) is 0 Å². The number of halogens is 2. The number of carbonyl (C=O) groups excluding carboxylic acids is 3. The number of benzene rings is 1. The van der Waals surface area contributed by atoms with Crippen LogP contribution in [-0.4, -0.2) is 33.7 Å². The Balaban J connectivity index is 1.87. The molecule has 3 rings (SSSR count). The molecule has 128 valence electrons. The largest absolute Gasteiger partial charge is 0.334 e. The molecule has 1 saturated carbocycles. The molecule has 1 aromatic carbocycles. The van der Waals surface area contributed by atoms with Gasteiger partial charge in [0.15, 0.2) is 0 Å². The van der Waals surface area contributed by atoms with Crippen LogP contribution in [0.2, 0.25) is 10.0 Å². The first-order valence-corrected chi connectivity index (χ1v) is 8.79. The third-order valence-electron chi connectivity index (χ3n) is 4.86. The van der Waals surface area contributed by atoms with Crippen molar-refractivity contribution >= 4 is 41.0 Å². The highest BCUT2D eigenvalue weighted by molar-refractivity contribution is 6.45. The third-order valence-corrected chi connectivity index (χ3v) is 5.57. The predicted molar refractivity (Wildman–Crippen MR) is 90.7 cm³/mol. The van der Waals surface area contributed by atoms with Gasteiger partial charge in [-0.2, -0.15) is 0 Å². The fraction of sp³-hybridized carbons (Fsp3) is 0.471. The standard InChI is InChI=1S/C17H18Cl2N2O3/c1-10-5-2-3-8-14(10)21-16(23)15(22)20(17(21)24)9-11-12(18)6-4-7-13(11)19/h4,6-7,10,14H,2-3,5,8-9H2,1H3/t10-,14-/m0/s1. The van der Waals surface area contributed by atoms with Gasteiger partial charge >= 0.3 is 17.8 Å². The van der Waals surface area contributed by atoms with Crippen molar-refractivity contribution < 1.29 is 14.4 Å². The molecule has 0 aromatic heterocycles. The van der Waals surface area contributed by atoms with Crippen LogP contribution in [0.25, 0.3) is 0 Å². The minimum Gasteiger partial charge on any atom is -0.263 e. The summed E-state index contributed by atoms with van der Waals surface area (Å²) in [6.45, 7) is 1.92. The fourth-order valence-electron chi connectivity index (χ4n) is 3.48. The monoisotopic (exact) mass is 368 g/mol. The highest BCUT2D eigenvalue weighted by Crippen LogP contribution is 2.33. The van der Waals surface area contributed by atoms with Gasteiger partial charge in [-0.25, -0.2) is 4.79 Å². The molecule has 0 N–H and O–H groups in total. The number of urea groups is 1. The van der Waals surface area contributed by atoms with Crippen molar-refractivity contribution in [2.24, 2.45) is 5.92 Å². The SMILES string of the molecule is C[C@H]1CCCC[C@@H]1N1C(=O)C(=O)N(Cc2c(Cl)cccc2Cl)C1=O. The molecule has 2 atom stereocenters. The summed E-state index contributed by atoms with van der Waals surface area (Å²) in [6, 6.07) is 4.17. The highest BCUT2D eigenvalue weighted by Gasteiger charge is 2.49. The van der Waals surface area contributed by atoms with Crippen LogP contribution in [0.1, 0.15) is 38.2 Å². The average molecular weight is 369 g/mol. The molecule has 0 radical (unpaired) electrons. The maximum Gasteiger partial charge on any atom is 0.334 e. The van der Waals surface area contributed by atoms with E-state index in [0.717, 1.165) is 35.5 Å². The molecule has 1 aliphatic carbocycles. The van der Waals surface area contributed by atoms with Crippen LogP contribution in [0.4, 0.5) is 4.79 Å². The molecule has 0 unspecified atom stereocenters. The van der Waals surface area contributed by atoms with Gasteiger partial charge in [-0.3, -0.25) is 19.4 Å². The molecular formula is C17H18Cl2N2O3. The number of nitrogens with zero attached hydrogens (tertiary/aromatic N) is 2. The molecule has 0 spiro atoms. The van der Waals surface area contributed by atoms with Crippen LogP contribution in [0.5, 0.6) is 0 Å². The van der Waals surface area contributed by atoms with E-state index in [-0.39, 0.29) is 18.5 Å². The van der Waals surface area contributed by atoms with Crippen molar-refractivity contribution in [3.63, 3.8) is 0 Å². The second-order valence-corrected chi connectivity index (χ2v) is 7.19. The number of hydrogen-bond acceptors (Lipinski definition) is 3. The molecule has 1 saturated heterocycles. The Hall–Kier alpha value is -1.59. The van der Waals surface area contributed by atoms with Gasteiger partial charge in [-0.15, -0.1) is 0 Å². The fourth-order valence-corrected chi connectivity index (χ4v) is 3.99. The third kappa shape index (κ3) is 2.91. The summed E-state index contributed by atoms with van der Waals surface area (Å²) in [5.74, 6) is -1.36. The zero-order chi connectivity index (χ0) is 17.4. The van der Waals surface area contributed by atoms with E-state index in [4.69, 9.17) is 23.2 Å². The first-order chi connectivity index (χ1) is 11.4. The van der Waals surface area contributed by atoms with Crippen molar-refractivity contribution in [1.29, 1.82) is 0 Å². The van der Waals surface area contributed by atoms with Gasteiger partial charge in [0.2, 0.25) is 0 Å². The summed E-state index contributed by atoms with van der Waals surface area (Å²) in [4.78, 5) is 39.5. The zero-order valence-corrected chi connectivity index (χ0v) is 14.8. The summed E-state index contributed by atoms with van der Waals surface area (Å²) >= 11 is 12.2. The van der Waals surface area contributed by atoms with Gasteiger partial charge in [0.05, 0.1) is 6.54 Å². The topological polar surface area (TPSA) is 57.7 Å². The van der Waals surface area contributed by atoms with Crippen molar-refractivity contribution in [1.82, 2.24) is 9.80 Å². The van der Waals surface area contributed by atoms with Crippen LogP contribution < -0.4 is 0 Å². The Morgan fingerprint density at radius 1 is 1.04 bits per heavy atom. The van der Waals surface area contributed by atoms with Crippen LogP contribution in [-0.2, 0) is 16.1 Å². The number of rotatable bonds is 3. The highest BCUT2D eigenvalue weighted by atomic mass is 35.5. The Labute approximate surface area is 150 Å². The first-order valence-electron chi connectivity index (χ1n) is 8.03. The Morgan fingerprint density at radius 3 is 2.29 bits per heavy atom. The minimum absolute atomic E-state index is 0.0977. The average Bonchev–Trinajstić information content (AvgIpc) is 2.75. The lowest BCUT2D eigenvalue weighted by Gasteiger charge is -2.34. The van der Waals surface area contributed by atoms with Crippen molar-refractivity contribution in [3.05, 3.63) is 33.8 Å². The van der Waals surface area contributed by atoms with E-state index in [1.165, 1.54) is 0 Å². The Bertz CT molecular complexity index is 687. The van der Waals surface area contributed by atoms with Crippen LogP contribution in [0.15, 0.2) is 18.2 Å². The maximum atomic E-state index is 12.7. The van der Waals surface area contributed by atoms with Gasteiger partial charge < -0.3 is 0 Å². The summed E-state index contributed by atoms with van der Waals surface area (Å²) in [6.07, 6.45) is 3.73. The second-order valence-electron chi connectivity index (χ2n) is 6.38. The van der Waals surface area contributed by atoms with Crippen molar-refractivity contribution in [3.8, 4) is 0 Å². The molecule has 1 aromatic rings. The van der Waals surface area contributed by atoms with Gasteiger partial charge in [-0.05, 0) is 30.9 Å². The molecular weight excluding hydrogens is 351 g/mol. The molecule has 2 aliphatic rings. The van der Waals surface area contributed by atoms with Gasteiger partial charge in [0, 0.05) is 21.7 Å². The van der Waals surface area contributed by atoms with Crippen molar-refractivity contribution in [2.75, 3.05) is 0 Å². The van der Waals surface area contributed by atoms with E-state index >= 15 is 0 Å².